The number of nitrogen functional groups attached to an aromatic ring is 1. The van der Waals surface area contributed by atoms with Gasteiger partial charge in [-0.3, -0.25) is 0 Å². The van der Waals surface area contributed by atoms with Crippen LogP contribution in [0.25, 0.3) is 0 Å². The second kappa shape index (κ2) is 3.35. The maximum atomic E-state index is 8.38. The Labute approximate surface area is 73.0 Å². The number of halogens is 1. The number of aromatic nitrogens is 1. The van der Waals surface area contributed by atoms with Crippen molar-refractivity contribution in [1.29, 1.82) is 5.26 Å². The van der Waals surface area contributed by atoms with E-state index in [1.165, 1.54) is 0 Å². The molecule has 4 heteroatoms. The first kappa shape index (κ1) is 8.02. The van der Waals surface area contributed by atoms with E-state index in [1.54, 1.807) is 12.1 Å². The summed E-state index contributed by atoms with van der Waals surface area (Å²) in [6.45, 7) is 0. The zero-order chi connectivity index (χ0) is 8.27. The third kappa shape index (κ3) is 1.92. The van der Waals surface area contributed by atoms with Gasteiger partial charge in [0.15, 0.2) is 0 Å². The number of hydrogen-bond acceptors (Lipinski definition) is 3. The monoisotopic (exact) mass is 211 g/mol. The number of nitrogens with two attached hydrogens (primary N) is 1. The van der Waals surface area contributed by atoms with Crippen molar-refractivity contribution in [2.75, 3.05) is 5.73 Å². The SMILES string of the molecule is N#CCc1ccc(N)nc1Br. The largest absolute Gasteiger partial charge is 0.384 e. The summed E-state index contributed by atoms with van der Waals surface area (Å²) in [7, 11) is 0. The summed E-state index contributed by atoms with van der Waals surface area (Å²) in [6.07, 6.45) is 0.355. The van der Waals surface area contributed by atoms with Crippen molar-refractivity contribution in [2.24, 2.45) is 0 Å². The number of rotatable bonds is 1. The van der Waals surface area contributed by atoms with Crippen LogP contribution < -0.4 is 5.73 Å². The van der Waals surface area contributed by atoms with E-state index in [1.807, 2.05) is 6.07 Å². The quantitative estimate of drug-likeness (QED) is 0.717. The molecule has 11 heavy (non-hydrogen) atoms. The lowest BCUT2D eigenvalue weighted by molar-refractivity contribution is 1.16. The van der Waals surface area contributed by atoms with Gasteiger partial charge in [0, 0.05) is 0 Å². The fraction of sp³-hybridized carbons (Fsp3) is 0.143. The van der Waals surface area contributed by atoms with E-state index in [9.17, 15) is 0 Å². The van der Waals surface area contributed by atoms with Gasteiger partial charge in [-0.2, -0.15) is 5.26 Å². The third-order valence-electron chi connectivity index (χ3n) is 1.22. The van der Waals surface area contributed by atoms with Crippen molar-refractivity contribution < 1.29 is 0 Å². The summed E-state index contributed by atoms with van der Waals surface area (Å²) in [6, 6.07) is 5.50. The van der Waals surface area contributed by atoms with Crippen LogP contribution in [0.2, 0.25) is 0 Å². The van der Waals surface area contributed by atoms with Gasteiger partial charge in [0.05, 0.1) is 12.5 Å². The Hall–Kier alpha value is -1.08. The second-order valence-corrected chi connectivity index (χ2v) is 2.77. The fourth-order valence-corrected chi connectivity index (χ4v) is 1.17. The van der Waals surface area contributed by atoms with E-state index in [0.29, 0.717) is 16.8 Å². The molecular formula is C7H6BrN3. The molecule has 0 aliphatic carbocycles. The van der Waals surface area contributed by atoms with Crippen molar-refractivity contribution in [3.05, 3.63) is 22.3 Å². The summed E-state index contributed by atoms with van der Waals surface area (Å²) >= 11 is 3.21. The second-order valence-electron chi connectivity index (χ2n) is 2.02. The van der Waals surface area contributed by atoms with E-state index in [-0.39, 0.29) is 0 Å². The van der Waals surface area contributed by atoms with Crippen LogP contribution in [0.5, 0.6) is 0 Å². The van der Waals surface area contributed by atoms with E-state index >= 15 is 0 Å². The molecule has 0 aromatic carbocycles. The molecule has 0 atom stereocenters. The van der Waals surface area contributed by atoms with Gasteiger partial charge in [0.2, 0.25) is 0 Å². The first-order chi connectivity index (χ1) is 5.24. The van der Waals surface area contributed by atoms with Crippen molar-refractivity contribution in [2.45, 2.75) is 6.42 Å². The molecular weight excluding hydrogens is 206 g/mol. The van der Waals surface area contributed by atoms with Gasteiger partial charge in [0.25, 0.3) is 0 Å². The van der Waals surface area contributed by atoms with Crippen LogP contribution in [0, 0.1) is 11.3 Å². The van der Waals surface area contributed by atoms with E-state index in [0.717, 1.165) is 5.56 Å². The molecule has 56 valence electrons. The molecule has 2 N–H and O–H groups in total. The van der Waals surface area contributed by atoms with Gasteiger partial charge in [-0.1, -0.05) is 6.07 Å². The lowest BCUT2D eigenvalue weighted by Gasteiger charge is -1.98. The molecule has 0 bridgehead atoms. The average Bonchev–Trinajstić information content (AvgIpc) is 1.95. The number of pyridine rings is 1. The zero-order valence-corrected chi connectivity index (χ0v) is 7.30. The number of nitrogens with zero attached hydrogens (tertiary/aromatic N) is 2. The Morgan fingerprint density at radius 1 is 1.64 bits per heavy atom. The van der Waals surface area contributed by atoms with Crippen molar-refractivity contribution in [3.8, 4) is 6.07 Å². The Bertz CT molecular complexity index is 303. The van der Waals surface area contributed by atoms with Crippen LogP contribution in [0.4, 0.5) is 5.82 Å². The first-order valence-electron chi connectivity index (χ1n) is 3.02. The highest BCUT2D eigenvalue weighted by Gasteiger charge is 1.99. The summed E-state index contributed by atoms with van der Waals surface area (Å²) in [5.41, 5.74) is 6.26. The maximum absolute atomic E-state index is 8.38. The fourth-order valence-electron chi connectivity index (χ4n) is 0.694. The van der Waals surface area contributed by atoms with Crippen molar-refractivity contribution in [1.82, 2.24) is 4.98 Å². The minimum Gasteiger partial charge on any atom is -0.384 e. The molecule has 1 heterocycles. The predicted octanol–water partition coefficient (Wildman–Crippen LogP) is 1.49. The van der Waals surface area contributed by atoms with Crippen LogP contribution >= 0.6 is 15.9 Å². The minimum absolute atomic E-state index is 0.355. The highest BCUT2D eigenvalue weighted by molar-refractivity contribution is 9.10. The molecule has 1 rings (SSSR count). The van der Waals surface area contributed by atoms with Crippen LogP contribution in [0.15, 0.2) is 16.7 Å². The normalized spacial score (nSPS) is 9.09. The van der Waals surface area contributed by atoms with E-state index < -0.39 is 0 Å². The Morgan fingerprint density at radius 2 is 2.36 bits per heavy atom. The number of nitriles is 1. The van der Waals surface area contributed by atoms with E-state index in [2.05, 4.69) is 20.9 Å². The molecule has 0 aliphatic heterocycles. The first-order valence-corrected chi connectivity index (χ1v) is 3.81. The standard InChI is InChI=1S/C7H6BrN3/c8-7-5(3-4-9)1-2-6(10)11-7/h1-2H,3H2,(H2,10,11). The zero-order valence-electron chi connectivity index (χ0n) is 5.71. The predicted molar refractivity (Wildman–Crippen MR) is 45.7 cm³/mol. The molecule has 0 saturated carbocycles. The Morgan fingerprint density at radius 3 is 2.91 bits per heavy atom. The number of anilines is 1. The highest BCUT2D eigenvalue weighted by atomic mass is 79.9. The molecule has 0 radical (unpaired) electrons. The molecule has 0 spiro atoms. The molecule has 0 fully saturated rings. The minimum atomic E-state index is 0.355. The van der Waals surface area contributed by atoms with Gasteiger partial charge >= 0.3 is 0 Å². The van der Waals surface area contributed by atoms with Crippen LogP contribution in [-0.2, 0) is 6.42 Å². The maximum Gasteiger partial charge on any atom is 0.124 e. The van der Waals surface area contributed by atoms with Crippen LogP contribution in [0.1, 0.15) is 5.56 Å². The highest BCUT2D eigenvalue weighted by Crippen LogP contribution is 2.15. The molecule has 0 unspecified atom stereocenters. The van der Waals surface area contributed by atoms with E-state index in [4.69, 9.17) is 11.0 Å². The summed E-state index contributed by atoms with van der Waals surface area (Å²) in [4.78, 5) is 3.94. The van der Waals surface area contributed by atoms with Gasteiger partial charge in [-0.25, -0.2) is 4.98 Å². The van der Waals surface area contributed by atoms with Gasteiger partial charge in [-0.15, -0.1) is 0 Å². The molecule has 0 saturated heterocycles. The van der Waals surface area contributed by atoms with Gasteiger partial charge in [-0.05, 0) is 27.6 Å². The van der Waals surface area contributed by atoms with Crippen molar-refractivity contribution in [3.63, 3.8) is 0 Å². The molecule has 3 nitrogen and oxygen atoms in total. The molecule has 1 aromatic rings. The lowest BCUT2D eigenvalue weighted by Crippen LogP contribution is -1.93. The lowest BCUT2D eigenvalue weighted by atomic mass is 10.2. The summed E-state index contributed by atoms with van der Waals surface area (Å²) in [5.74, 6) is 0.457. The van der Waals surface area contributed by atoms with Gasteiger partial charge < -0.3 is 5.73 Å². The molecule has 1 aromatic heterocycles. The molecule has 0 aliphatic rings. The van der Waals surface area contributed by atoms with Crippen molar-refractivity contribution >= 4 is 21.7 Å². The smallest absolute Gasteiger partial charge is 0.124 e. The summed E-state index contributed by atoms with van der Waals surface area (Å²) in [5, 5.41) is 8.38. The number of hydrogen-bond donors (Lipinski definition) is 1. The van der Waals surface area contributed by atoms with Crippen LogP contribution in [0.3, 0.4) is 0 Å². The molecule has 0 amide bonds. The Balaban J connectivity index is 3.01. The summed E-state index contributed by atoms with van der Waals surface area (Å²) < 4.78 is 0.652. The van der Waals surface area contributed by atoms with Crippen LogP contribution in [-0.4, -0.2) is 4.98 Å². The average molecular weight is 212 g/mol. The Kier molecular flexibility index (Phi) is 2.44. The van der Waals surface area contributed by atoms with Gasteiger partial charge in [0.1, 0.15) is 10.4 Å². The third-order valence-corrected chi connectivity index (χ3v) is 1.90. The topological polar surface area (TPSA) is 62.7 Å².